The Morgan fingerprint density at radius 2 is 1.89 bits per heavy atom. The number of hydrogen-bond acceptors (Lipinski definition) is 4. The lowest BCUT2D eigenvalue weighted by molar-refractivity contribution is 0.203. The van der Waals surface area contributed by atoms with Crippen LogP contribution >= 0.6 is 11.8 Å². The number of aliphatic hydroxyl groups excluding tert-OH is 1. The minimum absolute atomic E-state index is 0.444. The summed E-state index contributed by atoms with van der Waals surface area (Å²) in [5, 5.41) is 10.2. The summed E-state index contributed by atoms with van der Waals surface area (Å²) in [5.41, 5.74) is 0.903. The van der Waals surface area contributed by atoms with Gasteiger partial charge in [-0.3, -0.25) is 0 Å². The van der Waals surface area contributed by atoms with E-state index in [0.717, 1.165) is 35.0 Å². The van der Waals surface area contributed by atoms with Gasteiger partial charge < -0.3 is 14.6 Å². The molecule has 1 aromatic rings. The maximum Gasteiger partial charge on any atom is 0.161 e. The molecule has 19 heavy (non-hydrogen) atoms. The topological polar surface area (TPSA) is 38.7 Å². The second-order valence-corrected chi connectivity index (χ2v) is 6.28. The van der Waals surface area contributed by atoms with Gasteiger partial charge in [0.2, 0.25) is 0 Å². The van der Waals surface area contributed by atoms with Gasteiger partial charge >= 0.3 is 0 Å². The van der Waals surface area contributed by atoms with Crippen LogP contribution in [0.4, 0.5) is 0 Å². The van der Waals surface area contributed by atoms with E-state index in [9.17, 15) is 5.11 Å². The maximum atomic E-state index is 10.2. The van der Waals surface area contributed by atoms with Crippen LogP contribution in [-0.4, -0.2) is 29.8 Å². The van der Waals surface area contributed by atoms with E-state index in [2.05, 4.69) is 13.8 Å². The third kappa shape index (κ3) is 4.32. The number of hydrogen-bond donors (Lipinski definition) is 1. The van der Waals surface area contributed by atoms with E-state index in [0.29, 0.717) is 19.1 Å². The molecule has 3 nitrogen and oxygen atoms in total. The van der Waals surface area contributed by atoms with Crippen molar-refractivity contribution in [1.29, 1.82) is 0 Å². The molecule has 4 heteroatoms. The number of fused-ring (bicyclic) bond motifs is 1. The zero-order valence-corrected chi connectivity index (χ0v) is 12.4. The molecule has 0 saturated carbocycles. The van der Waals surface area contributed by atoms with Crippen LogP contribution < -0.4 is 9.47 Å². The summed E-state index contributed by atoms with van der Waals surface area (Å²) in [7, 11) is 0. The summed E-state index contributed by atoms with van der Waals surface area (Å²) < 4.78 is 11.2. The highest BCUT2D eigenvalue weighted by atomic mass is 32.2. The first-order valence-electron chi connectivity index (χ1n) is 6.82. The van der Waals surface area contributed by atoms with Crippen LogP contribution in [-0.2, 0) is 0 Å². The molecule has 0 spiro atoms. The number of benzene rings is 1. The average Bonchev–Trinajstić information content (AvgIpc) is 2.62. The van der Waals surface area contributed by atoms with Crippen molar-refractivity contribution in [3.8, 4) is 11.5 Å². The Bertz CT molecular complexity index is 406. The van der Waals surface area contributed by atoms with E-state index < -0.39 is 6.10 Å². The molecule has 0 aliphatic carbocycles. The quantitative estimate of drug-likeness (QED) is 0.899. The standard InChI is InChI=1S/C15H22O3S/c1-11(2)9-19-10-13(16)12-4-5-14-15(8-12)18-7-3-6-17-14/h4-5,8,11,13,16H,3,6-7,9-10H2,1-2H3. The second-order valence-electron chi connectivity index (χ2n) is 5.20. The van der Waals surface area contributed by atoms with Crippen molar-refractivity contribution < 1.29 is 14.6 Å². The van der Waals surface area contributed by atoms with E-state index in [1.807, 2.05) is 18.2 Å². The van der Waals surface area contributed by atoms with Crippen LogP contribution in [0, 0.1) is 5.92 Å². The Balaban J connectivity index is 1.98. The average molecular weight is 282 g/mol. The zero-order valence-electron chi connectivity index (χ0n) is 11.6. The highest BCUT2D eigenvalue weighted by molar-refractivity contribution is 7.99. The van der Waals surface area contributed by atoms with E-state index >= 15 is 0 Å². The highest BCUT2D eigenvalue weighted by Gasteiger charge is 2.14. The minimum Gasteiger partial charge on any atom is -0.490 e. The molecule has 1 unspecified atom stereocenters. The van der Waals surface area contributed by atoms with Crippen molar-refractivity contribution in [2.24, 2.45) is 5.92 Å². The van der Waals surface area contributed by atoms with Crippen molar-refractivity contribution >= 4 is 11.8 Å². The number of aliphatic hydroxyl groups is 1. The summed E-state index contributed by atoms with van der Waals surface area (Å²) in [4.78, 5) is 0. The van der Waals surface area contributed by atoms with E-state index in [4.69, 9.17) is 9.47 Å². The molecule has 0 saturated heterocycles. The van der Waals surface area contributed by atoms with Crippen molar-refractivity contribution in [3.63, 3.8) is 0 Å². The molecule has 0 aromatic heterocycles. The van der Waals surface area contributed by atoms with Crippen molar-refractivity contribution in [1.82, 2.24) is 0 Å². The first-order chi connectivity index (χ1) is 9.16. The first kappa shape index (κ1) is 14.5. The molecule has 2 rings (SSSR count). The monoisotopic (exact) mass is 282 g/mol. The van der Waals surface area contributed by atoms with Crippen LogP contribution in [0.2, 0.25) is 0 Å². The zero-order chi connectivity index (χ0) is 13.7. The Morgan fingerprint density at radius 3 is 2.63 bits per heavy atom. The molecule has 1 aliphatic rings. The molecular formula is C15H22O3S. The molecule has 1 aliphatic heterocycles. The lowest BCUT2D eigenvalue weighted by Crippen LogP contribution is -2.03. The van der Waals surface area contributed by atoms with Gasteiger partial charge in [-0.2, -0.15) is 11.8 Å². The van der Waals surface area contributed by atoms with Gasteiger partial charge in [0.1, 0.15) is 0 Å². The van der Waals surface area contributed by atoms with Gasteiger partial charge in [0.25, 0.3) is 0 Å². The molecule has 1 heterocycles. The molecule has 1 N–H and O–H groups in total. The number of thioether (sulfide) groups is 1. The Kier molecular flexibility index (Phi) is 5.40. The Labute approximate surface area is 119 Å². The molecule has 0 fully saturated rings. The van der Waals surface area contributed by atoms with Crippen LogP contribution in [0.1, 0.15) is 31.9 Å². The highest BCUT2D eigenvalue weighted by Crippen LogP contribution is 2.33. The van der Waals surface area contributed by atoms with Gasteiger partial charge in [0, 0.05) is 12.2 Å². The molecule has 0 radical (unpaired) electrons. The van der Waals surface area contributed by atoms with E-state index in [1.165, 1.54) is 0 Å². The van der Waals surface area contributed by atoms with E-state index in [-0.39, 0.29) is 0 Å². The normalized spacial score (nSPS) is 16.2. The van der Waals surface area contributed by atoms with Crippen LogP contribution in [0.5, 0.6) is 11.5 Å². The van der Waals surface area contributed by atoms with Gasteiger partial charge in [0.05, 0.1) is 19.3 Å². The molecule has 0 bridgehead atoms. The molecule has 106 valence electrons. The summed E-state index contributed by atoms with van der Waals surface area (Å²) in [6.45, 7) is 5.74. The van der Waals surface area contributed by atoms with Crippen LogP contribution in [0.25, 0.3) is 0 Å². The van der Waals surface area contributed by atoms with Gasteiger partial charge in [-0.25, -0.2) is 0 Å². The van der Waals surface area contributed by atoms with Gasteiger partial charge in [-0.05, 0) is 29.4 Å². The van der Waals surface area contributed by atoms with Gasteiger partial charge in [0.15, 0.2) is 11.5 Å². The fourth-order valence-corrected chi connectivity index (χ4v) is 2.92. The maximum absolute atomic E-state index is 10.2. The summed E-state index contributed by atoms with van der Waals surface area (Å²) in [5.74, 6) is 3.98. The van der Waals surface area contributed by atoms with Crippen molar-refractivity contribution in [2.75, 3.05) is 24.7 Å². The van der Waals surface area contributed by atoms with Crippen molar-refractivity contribution in [2.45, 2.75) is 26.4 Å². The largest absolute Gasteiger partial charge is 0.490 e. The fraction of sp³-hybridized carbons (Fsp3) is 0.600. The smallest absolute Gasteiger partial charge is 0.161 e. The van der Waals surface area contributed by atoms with Crippen molar-refractivity contribution in [3.05, 3.63) is 23.8 Å². The molecule has 0 amide bonds. The third-order valence-electron chi connectivity index (χ3n) is 2.88. The van der Waals surface area contributed by atoms with E-state index in [1.54, 1.807) is 11.8 Å². The minimum atomic E-state index is -0.444. The number of rotatable bonds is 5. The fourth-order valence-electron chi connectivity index (χ4n) is 1.90. The lowest BCUT2D eigenvalue weighted by Gasteiger charge is -2.14. The van der Waals surface area contributed by atoms with Gasteiger partial charge in [-0.1, -0.05) is 19.9 Å². The predicted octanol–water partition coefficient (Wildman–Crippen LogP) is 3.27. The number of ether oxygens (including phenoxy) is 2. The second kappa shape index (κ2) is 7.06. The lowest BCUT2D eigenvalue weighted by atomic mass is 10.1. The Morgan fingerprint density at radius 1 is 1.16 bits per heavy atom. The molecule has 1 atom stereocenters. The third-order valence-corrected chi connectivity index (χ3v) is 4.34. The van der Waals surface area contributed by atoms with Crippen LogP contribution in [0.3, 0.4) is 0 Å². The van der Waals surface area contributed by atoms with Gasteiger partial charge in [-0.15, -0.1) is 0 Å². The molecular weight excluding hydrogens is 260 g/mol. The summed E-state index contributed by atoms with van der Waals surface area (Å²) in [6, 6.07) is 5.72. The molecule has 1 aromatic carbocycles. The predicted molar refractivity (Wildman–Crippen MR) is 79.2 cm³/mol. The Hall–Kier alpha value is -0.870. The van der Waals surface area contributed by atoms with Crippen LogP contribution in [0.15, 0.2) is 18.2 Å². The first-order valence-corrected chi connectivity index (χ1v) is 7.97. The summed E-state index contributed by atoms with van der Waals surface area (Å²) in [6.07, 6.45) is 0.456. The SMILES string of the molecule is CC(C)CSCC(O)c1ccc2c(c1)OCCCO2. The summed E-state index contributed by atoms with van der Waals surface area (Å²) >= 11 is 1.78.